The number of aryl methyl sites for hydroxylation is 1. The first kappa shape index (κ1) is 11.6. The molecule has 1 aromatic heterocycles. The van der Waals surface area contributed by atoms with Gasteiger partial charge in [0, 0.05) is 17.3 Å². The molecule has 0 saturated heterocycles. The molecule has 0 saturated carbocycles. The van der Waals surface area contributed by atoms with Crippen molar-refractivity contribution >= 4 is 0 Å². The van der Waals surface area contributed by atoms with E-state index in [4.69, 9.17) is 4.74 Å². The Morgan fingerprint density at radius 1 is 1.35 bits per heavy atom. The summed E-state index contributed by atoms with van der Waals surface area (Å²) in [4.78, 5) is 4.19. The van der Waals surface area contributed by atoms with Gasteiger partial charge in [-0.1, -0.05) is 6.07 Å². The van der Waals surface area contributed by atoms with Gasteiger partial charge in [0.15, 0.2) is 0 Å². The molecule has 0 amide bonds. The normalized spacial score (nSPS) is 10.6. The maximum atomic E-state index is 13.7. The first-order valence-electron chi connectivity index (χ1n) is 5.42. The van der Waals surface area contributed by atoms with Crippen molar-refractivity contribution in [1.29, 1.82) is 0 Å². The van der Waals surface area contributed by atoms with Crippen LogP contribution in [0.15, 0.2) is 24.5 Å². The number of benzene rings is 1. The van der Waals surface area contributed by atoms with E-state index in [0.29, 0.717) is 17.9 Å². The van der Waals surface area contributed by atoms with Gasteiger partial charge in [0.2, 0.25) is 0 Å². The molecule has 0 spiro atoms. The van der Waals surface area contributed by atoms with Gasteiger partial charge < -0.3 is 9.30 Å². The van der Waals surface area contributed by atoms with E-state index >= 15 is 0 Å². The molecule has 0 aliphatic carbocycles. The zero-order chi connectivity index (χ0) is 12.4. The molecule has 0 aliphatic rings. The van der Waals surface area contributed by atoms with Gasteiger partial charge in [0.25, 0.3) is 0 Å². The van der Waals surface area contributed by atoms with Crippen LogP contribution in [0.25, 0.3) is 0 Å². The van der Waals surface area contributed by atoms with E-state index in [1.54, 1.807) is 18.5 Å². The van der Waals surface area contributed by atoms with Crippen LogP contribution < -0.4 is 4.74 Å². The number of ether oxygens (including phenoxy) is 1. The highest BCUT2D eigenvalue weighted by Gasteiger charge is 2.07. The van der Waals surface area contributed by atoms with E-state index in [1.165, 1.54) is 13.2 Å². The highest BCUT2D eigenvalue weighted by Crippen LogP contribution is 2.18. The topological polar surface area (TPSA) is 27.1 Å². The highest BCUT2D eigenvalue weighted by molar-refractivity contribution is 5.29. The summed E-state index contributed by atoms with van der Waals surface area (Å²) in [5.41, 5.74) is 2.66. The Bertz CT molecular complexity index is 534. The zero-order valence-electron chi connectivity index (χ0n) is 10.2. The lowest BCUT2D eigenvalue weighted by atomic mass is 10.2. The molecule has 0 radical (unpaired) electrons. The predicted molar refractivity (Wildman–Crippen MR) is 63.8 cm³/mol. The first-order chi connectivity index (χ1) is 8.11. The maximum Gasteiger partial charge on any atom is 0.131 e. The average molecular weight is 234 g/mol. The second-order valence-electron chi connectivity index (χ2n) is 4.00. The molecule has 2 aromatic rings. The first-order valence-corrected chi connectivity index (χ1v) is 5.42. The van der Waals surface area contributed by atoms with Crippen LogP contribution in [0.2, 0.25) is 0 Å². The smallest absolute Gasteiger partial charge is 0.131 e. The summed E-state index contributed by atoms with van der Waals surface area (Å²) < 4.78 is 20.6. The molecule has 2 rings (SSSR count). The lowest BCUT2D eigenvalue weighted by molar-refractivity contribution is 0.410. The van der Waals surface area contributed by atoms with Crippen molar-refractivity contribution < 1.29 is 9.13 Å². The minimum absolute atomic E-state index is 0.255. The van der Waals surface area contributed by atoms with Crippen molar-refractivity contribution in [2.75, 3.05) is 7.11 Å². The van der Waals surface area contributed by atoms with Crippen LogP contribution in [-0.2, 0) is 6.54 Å². The van der Waals surface area contributed by atoms with Gasteiger partial charge in [0.05, 0.1) is 25.7 Å². The number of methoxy groups -OCH3 is 1. The molecular weight excluding hydrogens is 219 g/mol. The third kappa shape index (κ3) is 2.30. The van der Waals surface area contributed by atoms with Crippen molar-refractivity contribution in [3.8, 4) is 5.75 Å². The molecule has 1 aromatic carbocycles. The van der Waals surface area contributed by atoms with Crippen LogP contribution in [0.3, 0.4) is 0 Å². The Kier molecular flexibility index (Phi) is 3.13. The van der Waals surface area contributed by atoms with Gasteiger partial charge in [-0.15, -0.1) is 0 Å². The number of hydrogen-bond donors (Lipinski definition) is 0. The van der Waals surface area contributed by atoms with Crippen molar-refractivity contribution in [2.24, 2.45) is 0 Å². The second kappa shape index (κ2) is 4.57. The van der Waals surface area contributed by atoms with Crippen molar-refractivity contribution in [3.63, 3.8) is 0 Å². The Morgan fingerprint density at radius 3 is 2.65 bits per heavy atom. The fraction of sp³-hybridized carbons (Fsp3) is 0.308. The van der Waals surface area contributed by atoms with Gasteiger partial charge >= 0.3 is 0 Å². The van der Waals surface area contributed by atoms with E-state index in [1.807, 2.05) is 18.4 Å². The van der Waals surface area contributed by atoms with E-state index in [9.17, 15) is 4.39 Å². The summed E-state index contributed by atoms with van der Waals surface area (Å²) in [6.07, 6.45) is 1.73. The summed E-state index contributed by atoms with van der Waals surface area (Å²) >= 11 is 0. The van der Waals surface area contributed by atoms with E-state index in [-0.39, 0.29) is 5.82 Å². The van der Waals surface area contributed by atoms with Crippen molar-refractivity contribution in [3.05, 3.63) is 47.3 Å². The van der Waals surface area contributed by atoms with Crippen LogP contribution in [0, 0.1) is 19.7 Å². The summed E-state index contributed by atoms with van der Waals surface area (Å²) in [7, 11) is 1.53. The monoisotopic (exact) mass is 234 g/mol. The van der Waals surface area contributed by atoms with Gasteiger partial charge in [-0.3, -0.25) is 0 Å². The predicted octanol–water partition coefficient (Wildman–Crippen LogP) is 2.70. The molecule has 4 heteroatoms. The third-order valence-corrected chi connectivity index (χ3v) is 2.95. The van der Waals surface area contributed by atoms with Crippen molar-refractivity contribution in [2.45, 2.75) is 20.4 Å². The lowest BCUT2D eigenvalue weighted by Crippen LogP contribution is -2.03. The third-order valence-electron chi connectivity index (χ3n) is 2.95. The number of hydrogen-bond acceptors (Lipinski definition) is 2. The van der Waals surface area contributed by atoms with Crippen LogP contribution in [-0.4, -0.2) is 16.7 Å². The second-order valence-corrected chi connectivity index (χ2v) is 4.00. The minimum atomic E-state index is -0.255. The van der Waals surface area contributed by atoms with Gasteiger partial charge in [-0.05, 0) is 19.9 Å². The Morgan fingerprint density at radius 2 is 2.12 bits per heavy atom. The maximum absolute atomic E-state index is 13.7. The largest absolute Gasteiger partial charge is 0.497 e. The number of imidazole rings is 1. The van der Waals surface area contributed by atoms with Crippen LogP contribution >= 0.6 is 0 Å². The van der Waals surface area contributed by atoms with Gasteiger partial charge in [-0.2, -0.15) is 0 Å². The fourth-order valence-electron chi connectivity index (χ4n) is 1.67. The molecule has 0 bridgehead atoms. The van der Waals surface area contributed by atoms with Gasteiger partial charge in [-0.25, -0.2) is 9.37 Å². The molecule has 1 heterocycles. The average Bonchev–Trinajstić information content (AvgIpc) is 2.63. The lowest BCUT2D eigenvalue weighted by Gasteiger charge is -2.08. The molecule has 90 valence electrons. The van der Waals surface area contributed by atoms with Crippen LogP contribution in [0.5, 0.6) is 5.75 Å². The van der Waals surface area contributed by atoms with Crippen molar-refractivity contribution in [1.82, 2.24) is 9.55 Å². The highest BCUT2D eigenvalue weighted by atomic mass is 19.1. The number of nitrogens with zero attached hydrogens (tertiary/aromatic N) is 2. The molecule has 17 heavy (non-hydrogen) atoms. The summed E-state index contributed by atoms with van der Waals surface area (Å²) in [6.45, 7) is 4.41. The zero-order valence-corrected chi connectivity index (χ0v) is 10.2. The van der Waals surface area contributed by atoms with E-state index < -0.39 is 0 Å². The quantitative estimate of drug-likeness (QED) is 0.816. The van der Waals surface area contributed by atoms with Gasteiger partial charge in [0.1, 0.15) is 11.6 Å². The SMILES string of the molecule is COc1ccc(Cn2cnc(C)c2C)c(F)c1. The standard InChI is InChI=1S/C13H15FN2O/c1-9-10(2)16(8-15-9)7-11-4-5-12(17-3)6-13(11)14/h4-6,8H,7H2,1-3H3. The van der Waals surface area contributed by atoms with E-state index in [0.717, 1.165) is 11.4 Å². The number of aromatic nitrogens is 2. The summed E-state index contributed by atoms with van der Waals surface area (Å²) in [6, 6.07) is 4.90. The Labute approximate surface area is 99.9 Å². The number of rotatable bonds is 3. The Balaban J connectivity index is 2.27. The molecule has 0 fully saturated rings. The molecule has 0 aliphatic heterocycles. The molecular formula is C13H15FN2O. The number of halogens is 1. The molecule has 0 unspecified atom stereocenters. The summed E-state index contributed by atoms with van der Waals surface area (Å²) in [5.74, 6) is 0.278. The molecule has 0 N–H and O–H groups in total. The summed E-state index contributed by atoms with van der Waals surface area (Å²) in [5, 5.41) is 0. The fourth-order valence-corrected chi connectivity index (χ4v) is 1.67. The van der Waals surface area contributed by atoms with E-state index in [2.05, 4.69) is 4.98 Å². The van der Waals surface area contributed by atoms with Crippen LogP contribution in [0.1, 0.15) is 17.0 Å². The molecule has 0 atom stereocenters. The Hall–Kier alpha value is -1.84. The van der Waals surface area contributed by atoms with Crippen LogP contribution in [0.4, 0.5) is 4.39 Å². The molecule has 3 nitrogen and oxygen atoms in total. The minimum Gasteiger partial charge on any atom is -0.497 e.